The maximum atomic E-state index is 11.7. The van der Waals surface area contributed by atoms with E-state index in [2.05, 4.69) is 6.92 Å². The molecule has 1 unspecified atom stereocenters. The van der Waals surface area contributed by atoms with Crippen LogP contribution in [0.4, 0.5) is 0 Å². The van der Waals surface area contributed by atoms with E-state index in [-0.39, 0.29) is 18.7 Å². The summed E-state index contributed by atoms with van der Waals surface area (Å²) in [6, 6.07) is 0. The number of rotatable bonds is 14. The molecule has 0 aromatic heterocycles. The highest BCUT2D eigenvalue weighted by Crippen LogP contribution is 2.51. The lowest BCUT2D eigenvalue weighted by atomic mass is 10.1. The first-order chi connectivity index (χ1) is 11.5. The van der Waals surface area contributed by atoms with Crippen LogP contribution in [0.25, 0.3) is 0 Å². The Morgan fingerprint density at radius 3 is 2.12 bits per heavy atom. The zero-order valence-electron chi connectivity index (χ0n) is 14.9. The van der Waals surface area contributed by atoms with Crippen molar-refractivity contribution in [2.45, 2.75) is 90.1 Å². The summed E-state index contributed by atoms with van der Waals surface area (Å²) in [6.45, 7) is 2.79. The fraction of sp³-hybridized carbons (Fsp3) is 0.941. The summed E-state index contributed by atoms with van der Waals surface area (Å²) in [4.78, 5) is 11.7. The number of hydrogen-bond donors (Lipinski definition) is 0. The fourth-order valence-electron chi connectivity index (χ4n) is 2.69. The molecule has 0 saturated carbocycles. The second kappa shape index (κ2) is 13.6. The monoisotopic (exact) mass is 395 g/mol. The molecule has 7 heteroatoms. The minimum Gasteiger partial charge on any atom is -0.691 e. The molecule has 1 fully saturated rings. The van der Waals surface area contributed by atoms with Gasteiger partial charge in [-0.05, 0) is 6.42 Å². The molecular formula is C17H32O4PS2-. The molecule has 1 rings (SSSR count). The average Bonchev–Trinajstić information content (AvgIpc) is 2.90. The zero-order valence-corrected chi connectivity index (χ0v) is 17.4. The molecule has 2 atom stereocenters. The molecule has 0 amide bonds. The molecule has 0 aromatic rings. The number of unbranched alkanes of at least 4 members (excludes halogenated alkanes) is 10. The van der Waals surface area contributed by atoms with Crippen molar-refractivity contribution in [3.63, 3.8) is 0 Å². The van der Waals surface area contributed by atoms with Crippen LogP contribution in [0.3, 0.4) is 0 Å². The quantitative estimate of drug-likeness (QED) is 0.169. The van der Waals surface area contributed by atoms with Gasteiger partial charge in [-0.15, -0.1) is 0 Å². The lowest BCUT2D eigenvalue weighted by Gasteiger charge is -2.19. The van der Waals surface area contributed by atoms with E-state index in [4.69, 9.17) is 37.8 Å². The Balaban J connectivity index is 1.84. The molecule has 1 aliphatic heterocycles. The first kappa shape index (κ1) is 22.4. The average molecular weight is 396 g/mol. The summed E-state index contributed by atoms with van der Waals surface area (Å²) < 4.78 is 15.7. The second-order valence-corrected chi connectivity index (χ2v) is 11.4. The Morgan fingerprint density at radius 1 is 1.08 bits per heavy atom. The van der Waals surface area contributed by atoms with Crippen molar-refractivity contribution in [1.29, 1.82) is 0 Å². The Morgan fingerprint density at radius 2 is 1.62 bits per heavy atom. The van der Waals surface area contributed by atoms with E-state index in [1.165, 1.54) is 57.8 Å². The zero-order chi connectivity index (χ0) is 17.7. The summed E-state index contributed by atoms with van der Waals surface area (Å²) in [5.74, 6) is -0.168. The third-order valence-corrected chi connectivity index (χ3v) is 6.28. The van der Waals surface area contributed by atoms with Crippen molar-refractivity contribution in [2.24, 2.45) is 0 Å². The molecule has 0 aromatic carbocycles. The summed E-state index contributed by atoms with van der Waals surface area (Å²) in [6.07, 6.45) is 14.2. The van der Waals surface area contributed by atoms with E-state index in [0.29, 0.717) is 13.0 Å². The van der Waals surface area contributed by atoms with Crippen LogP contribution < -0.4 is 0 Å². The van der Waals surface area contributed by atoms with Gasteiger partial charge in [0.15, 0.2) is 0 Å². The summed E-state index contributed by atoms with van der Waals surface area (Å²) >= 11 is 9.92. The van der Waals surface area contributed by atoms with Gasteiger partial charge in [0, 0.05) is 6.42 Å². The van der Waals surface area contributed by atoms with Crippen molar-refractivity contribution in [2.75, 3.05) is 13.2 Å². The van der Waals surface area contributed by atoms with Crippen LogP contribution >= 0.6 is 5.69 Å². The van der Waals surface area contributed by atoms with E-state index in [1.807, 2.05) is 0 Å². The van der Waals surface area contributed by atoms with Gasteiger partial charge in [-0.2, -0.15) is 0 Å². The number of carbonyl (C=O) groups is 1. The molecule has 1 aliphatic rings. The van der Waals surface area contributed by atoms with Gasteiger partial charge in [0.05, 0.1) is 12.3 Å². The van der Waals surface area contributed by atoms with Gasteiger partial charge >= 0.3 is 5.97 Å². The van der Waals surface area contributed by atoms with Crippen LogP contribution in [0.5, 0.6) is 0 Å². The van der Waals surface area contributed by atoms with Crippen molar-refractivity contribution in [1.82, 2.24) is 0 Å². The number of carbonyl (C=O) groups excluding carboxylic acids is 1. The third-order valence-electron chi connectivity index (χ3n) is 4.11. The van der Waals surface area contributed by atoms with E-state index in [1.54, 1.807) is 0 Å². The van der Waals surface area contributed by atoms with Crippen molar-refractivity contribution in [3.8, 4) is 0 Å². The standard InChI is InChI=1S/C17H33O4PS2/c1-2-3-4-5-6-7-8-9-10-11-12-13-17(18)19-14-16-15-20-22(23,24)21-16/h16H,2-15H2,1H3,(H,23,24)/p-1/t16-/m0/s1. The van der Waals surface area contributed by atoms with Crippen LogP contribution in [0.2, 0.25) is 0 Å². The van der Waals surface area contributed by atoms with Crippen LogP contribution in [-0.4, -0.2) is 25.3 Å². The van der Waals surface area contributed by atoms with E-state index >= 15 is 0 Å². The minimum absolute atomic E-state index is 0.168. The Kier molecular flexibility index (Phi) is 12.7. The molecule has 0 N–H and O–H groups in total. The Hall–Kier alpha value is 0.390. The Labute approximate surface area is 157 Å². The summed E-state index contributed by atoms with van der Waals surface area (Å²) in [5, 5.41) is 0. The summed E-state index contributed by atoms with van der Waals surface area (Å²) in [7, 11) is 0. The second-order valence-electron chi connectivity index (χ2n) is 6.44. The molecule has 1 heterocycles. The van der Waals surface area contributed by atoms with Gasteiger partial charge in [-0.25, -0.2) is 0 Å². The molecule has 142 valence electrons. The largest absolute Gasteiger partial charge is 0.691 e. The predicted octanol–water partition coefficient (Wildman–Crippen LogP) is 5.42. The molecule has 0 spiro atoms. The Bertz CT molecular complexity index is 393. The topological polar surface area (TPSA) is 44.8 Å². The summed E-state index contributed by atoms with van der Waals surface area (Å²) in [5.41, 5.74) is -2.48. The van der Waals surface area contributed by atoms with Gasteiger partial charge in [0.25, 0.3) is 0 Å². The van der Waals surface area contributed by atoms with Crippen LogP contribution in [0, 0.1) is 0 Å². The highest BCUT2D eigenvalue weighted by Gasteiger charge is 2.24. The lowest BCUT2D eigenvalue weighted by molar-refractivity contribution is -0.145. The van der Waals surface area contributed by atoms with Crippen LogP contribution in [-0.2, 0) is 42.6 Å². The van der Waals surface area contributed by atoms with E-state index in [9.17, 15) is 4.79 Å². The van der Waals surface area contributed by atoms with Gasteiger partial charge in [0.2, 0.25) is 0 Å². The first-order valence-corrected chi connectivity index (χ1v) is 13.0. The molecule has 0 aliphatic carbocycles. The van der Waals surface area contributed by atoms with E-state index in [0.717, 1.165) is 12.8 Å². The maximum Gasteiger partial charge on any atom is 0.305 e. The van der Waals surface area contributed by atoms with Crippen molar-refractivity contribution >= 4 is 35.7 Å². The number of ether oxygens (including phenoxy) is 1. The molecule has 0 bridgehead atoms. The fourth-order valence-corrected chi connectivity index (χ4v) is 4.68. The van der Waals surface area contributed by atoms with Gasteiger partial charge in [0.1, 0.15) is 12.7 Å². The number of esters is 1. The first-order valence-electron chi connectivity index (χ1n) is 9.33. The minimum atomic E-state index is -2.48. The van der Waals surface area contributed by atoms with Gasteiger partial charge in [-0.1, -0.05) is 82.9 Å². The van der Waals surface area contributed by atoms with E-state index < -0.39 is 5.69 Å². The predicted molar refractivity (Wildman–Crippen MR) is 105 cm³/mol. The van der Waals surface area contributed by atoms with Crippen LogP contribution in [0.15, 0.2) is 0 Å². The highest BCUT2D eigenvalue weighted by molar-refractivity contribution is 8.51. The molecule has 0 radical (unpaired) electrons. The lowest BCUT2D eigenvalue weighted by Crippen LogP contribution is -2.20. The third kappa shape index (κ3) is 11.9. The highest BCUT2D eigenvalue weighted by atomic mass is 32.9. The normalized spacial score (nSPS) is 23.5. The van der Waals surface area contributed by atoms with Crippen molar-refractivity contribution < 1.29 is 18.6 Å². The van der Waals surface area contributed by atoms with Crippen molar-refractivity contribution in [3.05, 3.63) is 0 Å². The number of hydrogen-bond acceptors (Lipinski definition) is 6. The molecular weight excluding hydrogens is 363 g/mol. The maximum absolute atomic E-state index is 11.7. The van der Waals surface area contributed by atoms with Gasteiger partial charge < -0.3 is 26.0 Å². The molecule has 1 saturated heterocycles. The van der Waals surface area contributed by atoms with Crippen LogP contribution in [0.1, 0.15) is 84.0 Å². The SMILES string of the molecule is CCCCCCCCCCCCCC(=O)OC[C@H]1COP(=S)([S-])O1. The molecule has 24 heavy (non-hydrogen) atoms. The smallest absolute Gasteiger partial charge is 0.305 e. The van der Waals surface area contributed by atoms with Gasteiger partial charge in [-0.3, -0.25) is 4.79 Å². The molecule has 4 nitrogen and oxygen atoms in total.